The zero-order valence-corrected chi connectivity index (χ0v) is 11.7. The molecule has 0 aliphatic carbocycles. The summed E-state index contributed by atoms with van der Waals surface area (Å²) >= 11 is 0. The van der Waals surface area contributed by atoms with Gasteiger partial charge < -0.3 is 19.8 Å². The van der Waals surface area contributed by atoms with E-state index in [2.05, 4.69) is 4.98 Å². The van der Waals surface area contributed by atoms with Crippen LogP contribution in [0, 0.1) is 6.92 Å². The second-order valence-corrected chi connectivity index (χ2v) is 4.30. The van der Waals surface area contributed by atoms with Crippen molar-refractivity contribution in [1.82, 2.24) is 9.55 Å². The van der Waals surface area contributed by atoms with E-state index >= 15 is 0 Å². The fraction of sp³-hybridized carbons (Fsp3) is 0.357. The molecule has 0 bridgehead atoms. The predicted molar refractivity (Wildman–Crippen MR) is 74.4 cm³/mol. The summed E-state index contributed by atoms with van der Waals surface area (Å²) in [6.45, 7) is 2.43. The van der Waals surface area contributed by atoms with Crippen LogP contribution < -0.4 is 15.2 Å². The molecule has 5 heteroatoms. The Kier molecular flexibility index (Phi) is 3.76. The number of ether oxygens (including phenoxy) is 2. The van der Waals surface area contributed by atoms with Crippen molar-refractivity contribution in [3.8, 4) is 22.9 Å². The van der Waals surface area contributed by atoms with Gasteiger partial charge in [0.1, 0.15) is 17.3 Å². The molecule has 0 saturated carbocycles. The molecule has 0 spiro atoms. The van der Waals surface area contributed by atoms with Crippen molar-refractivity contribution < 1.29 is 9.47 Å². The van der Waals surface area contributed by atoms with Crippen LogP contribution in [-0.4, -0.2) is 23.8 Å². The maximum Gasteiger partial charge on any atom is 0.144 e. The lowest BCUT2D eigenvalue weighted by Gasteiger charge is -2.10. The summed E-state index contributed by atoms with van der Waals surface area (Å²) in [5.74, 6) is 2.36. The van der Waals surface area contributed by atoms with Crippen molar-refractivity contribution in [2.45, 2.75) is 13.5 Å². The number of nitrogens with zero attached hydrogens (tertiary/aromatic N) is 2. The number of benzene rings is 1. The van der Waals surface area contributed by atoms with Crippen LogP contribution in [-0.2, 0) is 13.6 Å². The fourth-order valence-corrected chi connectivity index (χ4v) is 2.06. The summed E-state index contributed by atoms with van der Waals surface area (Å²) in [4.78, 5) is 4.58. The van der Waals surface area contributed by atoms with Crippen LogP contribution in [0.25, 0.3) is 11.4 Å². The van der Waals surface area contributed by atoms with Gasteiger partial charge in [-0.1, -0.05) is 0 Å². The number of hydrogen-bond acceptors (Lipinski definition) is 4. The van der Waals surface area contributed by atoms with Crippen LogP contribution in [0.2, 0.25) is 0 Å². The molecule has 5 nitrogen and oxygen atoms in total. The number of nitrogens with two attached hydrogens (primary N) is 1. The summed E-state index contributed by atoms with van der Waals surface area (Å²) in [6.07, 6.45) is 0. The number of hydrogen-bond donors (Lipinski definition) is 1. The number of methoxy groups -OCH3 is 2. The van der Waals surface area contributed by atoms with Crippen molar-refractivity contribution in [1.29, 1.82) is 0 Å². The Morgan fingerprint density at radius 1 is 1.26 bits per heavy atom. The van der Waals surface area contributed by atoms with Crippen LogP contribution >= 0.6 is 0 Å². The maximum atomic E-state index is 5.71. The van der Waals surface area contributed by atoms with Gasteiger partial charge in [-0.25, -0.2) is 4.98 Å². The molecule has 0 radical (unpaired) electrons. The van der Waals surface area contributed by atoms with Gasteiger partial charge in [0, 0.05) is 19.3 Å². The SMILES string of the molecule is COc1ccc(OC)c(-c2nc(CN)c(C)n2C)c1. The highest BCUT2D eigenvalue weighted by atomic mass is 16.5. The van der Waals surface area contributed by atoms with Crippen molar-refractivity contribution in [3.05, 3.63) is 29.6 Å². The minimum atomic E-state index is 0.423. The Labute approximate surface area is 113 Å². The average Bonchev–Trinajstić information content (AvgIpc) is 2.74. The lowest BCUT2D eigenvalue weighted by Crippen LogP contribution is -2.00. The molecular formula is C14H19N3O2. The zero-order valence-electron chi connectivity index (χ0n) is 11.7. The van der Waals surface area contributed by atoms with Crippen molar-refractivity contribution in [3.63, 3.8) is 0 Å². The Morgan fingerprint density at radius 3 is 2.53 bits per heavy atom. The Balaban J connectivity index is 2.63. The summed E-state index contributed by atoms with van der Waals surface area (Å²) in [6, 6.07) is 5.66. The predicted octanol–water partition coefficient (Wildman–Crippen LogP) is 1.87. The van der Waals surface area contributed by atoms with E-state index in [-0.39, 0.29) is 0 Å². The second-order valence-electron chi connectivity index (χ2n) is 4.30. The Morgan fingerprint density at radius 2 is 2.00 bits per heavy atom. The molecular weight excluding hydrogens is 242 g/mol. The largest absolute Gasteiger partial charge is 0.497 e. The van der Waals surface area contributed by atoms with Gasteiger partial charge in [0.25, 0.3) is 0 Å². The third kappa shape index (κ3) is 2.29. The molecule has 0 aliphatic rings. The van der Waals surface area contributed by atoms with Crippen LogP contribution in [0.15, 0.2) is 18.2 Å². The molecule has 0 saturated heterocycles. The molecule has 19 heavy (non-hydrogen) atoms. The Bertz CT molecular complexity index is 591. The first-order valence-corrected chi connectivity index (χ1v) is 6.07. The summed E-state index contributed by atoms with van der Waals surface area (Å²) < 4.78 is 12.7. The number of aromatic nitrogens is 2. The molecule has 0 fully saturated rings. The smallest absolute Gasteiger partial charge is 0.144 e. The lowest BCUT2D eigenvalue weighted by atomic mass is 10.1. The number of imidazole rings is 1. The van der Waals surface area contributed by atoms with Crippen molar-refractivity contribution in [2.75, 3.05) is 14.2 Å². The Hall–Kier alpha value is -2.01. The van der Waals surface area contributed by atoms with Gasteiger partial charge in [-0.05, 0) is 25.1 Å². The molecule has 1 aromatic heterocycles. The minimum absolute atomic E-state index is 0.423. The summed E-state index contributed by atoms with van der Waals surface area (Å²) in [7, 11) is 5.25. The van der Waals surface area contributed by atoms with Crippen LogP contribution in [0.3, 0.4) is 0 Å². The van der Waals surface area contributed by atoms with E-state index in [1.165, 1.54) is 0 Å². The highest BCUT2D eigenvalue weighted by Crippen LogP contribution is 2.33. The summed E-state index contributed by atoms with van der Waals surface area (Å²) in [5, 5.41) is 0. The van der Waals surface area contributed by atoms with Gasteiger partial charge in [-0.2, -0.15) is 0 Å². The lowest BCUT2D eigenvalue weighted by molar-refractivity contribution is 0.404. The van der Waals surface area contributed by atoms with E-state index in [0.29, 0.717) is 6.54 Å². The molecule has 0 atom stereocenters. The summed E-state index contributed by atoms with van der Waals surface area (Å²) in [5.41, 5.74) is 8.55. The third-order valence-corrected chi connectivity index (χ3v) is 3.32. The molecule has 0 aliphatic heterocycles. The van der Waals surface area contributed by atoms with Crippen molar-refractivity contribution >= 4 is 0 Å². The maximum absolute atomic E-state index is 5.71. The first-order valence-electron chi connectivity index (χ1n) is 6.07. The zero-order chi connectivity index (χ0) is 14.0. The third-order valence-electron chi connectivity index (χ3n) is 3.32. The highest BCUT2D eigenvalue weighted by Gasteiger charge is 2.16. The standard InChI is InChI=1S/C14H19N3O2/c1-9-12(8-15)16-14(17(9)2)11-7-10(18-3)5-6-13(11)19-4/h5-7H,8,15H2,1-4H3. The van der Waals surface area contributed by atoms with Gasteiger partial charge in [-0.15, -0.1) is 0 Å². The highest BCUT2D eigenvalue weighted by molar-refractivity contribution is 5.67. The van der Waals surface area contributed by atoms with Crippen molar-refractivity contribution in [2.24, 2.45) is 12.8 Å². The average molecular weight is 261 g/mol. The molecule has 102 valence electrons. The van der Waals surface area contributed by atoms with E-state index in [9.17, 15) is 0 Å². The van der Waals surface area contributed by atoms with Crippen LogP contribution in [0.4, 0.5) is 0 Å². The molecule has 0 unspecified atom stereocenters. The van der Waals surface area contributed by atoms with E-state index in [0.717, 1.165) is 34.3 Å². The quantitative estimate of drug-likeness (QED) is 0.912. The minimum Gasteiger partial charge on any atom is -0.497 e. The molecule has 1 aromatic carbocycles. The van der Waals surface area contributed by atoms with E-state index in [1.54, 1.807) is 14.2 Å². The van der Waals surface area contributed by atoms with Gasteiger partial charge in [0.15, 0.2) is 0 Å². The monoisotopic (exact) mass is 261 g/mol. The van der Waals surface area contributed by atoms with Crippen LogP contribution in [0.5, 0.6) is 11.5 Å². The van der Waals surface area contributed by atoms with Gasteiger partial charge in [0.2, 0.25) is 0 Å². The normalized spacial score (nSPS) is 10.6. The topological polar surface area (TPSA) is 62.3 Å². The molecule has 1 heterocycles. The molecule has 0 amide bonds. The molecule has 2 rings (SSSR count). The van der Waals surface area contributed by atoms with Gasteiger partial charge in [0.05, 0.1) is 25.5 Å². The fourth-order valence-electron chi connectivity index (χ4n) is 2.06. The van der Waals surface area contributed by atoms with E-state index < -0.39 is 0 Å². The number of rotatable bonds is 4. The first-order chi connectivity index (χ1) is 9.12. The molecule has 2 aromatic rings. The van der Waals surface area contributed by atoms with Gasteiger partial charge >= 0.3 is 0 Å². The van der Waals surface area contributed by atoms with Crippen LogP contribution in [0.1, 0.15) is 11.4 Å². The second kappa shape index (κ2) is 5.32. The molecule has 2 N–H and O–H groups in total. The van der Waals surface area contributed by atoms with E-state index in [4.69, 9.17) is 15.2 Å². The van der Waals surface area contributed by atoms with E-state index in [1.807, 2.05) is 36.7 Å². The van der Waals surface area contributed by atoms with Gasteiger partial charge in [-0.3, -0.25) is 0 Å². The first kappa shape index (κ1) is 13.4.